The van der Waals surface area contributed by atoms with E-state index in [1.807, 2.05) is 0 Å². The molecule has 0 aromatic heterocycles. The van der Waals surface area contributed by atoms with Gasteiger partial charge in [0.2, 0.25) is 5.91 Å². The summed E-state index contributed by atoms with van der Waals surface area (Å²) in [6.45, 7) is 1.20. The molecular formula is C26H32BrClN4O2. The van der Waals surface area contributed by atoms with Crippen LogP contribution < -0.4 is 16.8 Å². The van der Waals surface area contributed by atoms with Gasteiger partial charge in [-0.2, -0.15) is 0 Å². The molecule has 1 unspecified atom stereocenters. The summed E-state index contributed by atoms with van der Waals surface area (Å²) in [5, 5.41) is 13.3. The summed E-state index contributed by atoms with van der Waals surface area (Å²) >= 11 is 9.42. The first-order chi connectivity index (χ1) is 16.4. The number of halogens is 2. The van der Waals surface area contributed by atoms with E-state index in [1.54, 1.807) is 36.5 Å². The number of nitrogens with two attached hydrogens (primary N) is 2. The van der Waals surface area contributed by atoms with Gasteiger partial charge in [0.15, 0.2) is 5.96 Å². The van der Waals surface area contributed by atoms with E-state index in [4.69, 9.17) is 29.5 Å². The molecule has 0 heterocycles. The number of carbonyl (C=O) groups is 1. The van der Waals surface area contributed by atoms with Gasteiger partial charge in [0.1, 0.15) is 6.10 Å². The summed E-state index contributed by atoms with van der Waals surface area (Å²) in [6.07, 6.45) is 18.7. The van der Waals surface area contributed by atoms with E-state index >= 15 is 0 Å². The number of aliphatic imine (C=N–C) groups is 1. The Bertz CT molecular complexity index is 934. The maximum Gasteiger partial charge on any atom is 0.223 e. The van der Waals surface area contributed by atoms with Crippen LogP contribution in [0.1, 0.15) is 44.9 Å². The SMILES string of the molecule is C#CCCC#CC=CC#CCC=C(Cl)C(O)C(Br)=CC=CCC(=O)NCCCCCN=C(N)N. The Morgan fingerprint density at radius 3 is 2.62 bits per heavy atom. The zero-order chi connectivity index (χ0) is 25.4. The van der Waals surface area contributed by atoms with Gasteiger partial charge >= 0.3 is 0 Å². The number of unbranched alkanes of at least 4 members (excludes halogenated alkanes) is 3. The molecule has 0 rings (SSSR count). The molecule has 0 aromatic carbocycles. The second-order valence-corrected chi connectivity index (χ2v) is 8.13. The minimum Gasteiger partial charge on any atom is -0.382 e. The topological polar surface area (TPSA) is 114 Å². The van der Waals surface area contributed by atoms with Crippen molar-refractivity contribution in [2.75, 3.05) is 13.1 Å². The number of amides is 1. The lowest BCUT2D eigenvalue weighted by atomic mass is 10.2. The third kappa shape index (κ3) is 19.8. The van der Waals surface area contributed by atoms with Crippen LogP contribution in [0.2, 0.25) is 0 Å². The molecule has 1 amide bonds. The zero-order valence-electron chi connectivity index (χ0n) is 19.2. The van der Waals surface area contributed by atoms with Crippen molar-refractivity contribution in [3.05, 3.63) is 46.0 Å². The smallest absolute Gasteiger partial charge is 0.223 e. The van der Waals surface area contributed by atoms with Gasteiger partial charge < -0.3 is 21.9 Å². The number of terminal acetylenes is 1. The molecule has 0 aliphatic carbocycles. The van der Waals surface area contributed by atoms with E-state index in [-0.39, 0.29) is 23.3 Å². The van der Waals surface area contributed by atoms with Crippen LogP contribution in [0, 0.1) is 36.0 Å². The third-order valence-electron chi connectivity index (χ3n) is 3.92. The van der Waals surface area contributed by atoms with Crippen molar-refractivity contribution in [3.8, 4) is 36.0 Å². The summed E-state index contributed by atoms with van der Waals surface area (Å²) in [7, 11) is 0. The average molecular weight is 548 g/mol. The summed E-state index contributed by atoms with van der Waals surface area (Å²) in [6, 6.07) is 0. The monoisotopic (exact) mass is 546 g/mol. The first-order valence-electron chi connectivity index (χ1n) is 10.8. The van der Waals surface area contributed by atoms with Crippen LogP contribution in [0.3, 0.4) is 0 Å². The number of rotatable bonds is 13. The van der Waals surface area contributed by atoms with E-state index in [0.29, 0.717) is 36.8 Å². The molecule has 182 valence electrons. The summed E-state index contributed by atoms with van der Waals surface area (Å²) in [5.41, 5.74) is 10.5. The Morgan fingerprint density at radius 1 is 1.18 bits per heavy atom. The van der Waals surface area contributed by atoms with Crippen LogP contribution >= 0.6 is 27.5 Å². The minimum absolute atomic E-state index is 0.0744. The van der Waals surface area contributed by atoms with Gasteiger partial charge in [-0.15, -0.1) is 12.3 Å². The molecule has 8 heteroatoms. The van der Waals surface area contributed by atoms with Crippen molar-refractivity contribution in [1.82, 2.24) is 5.32 Å². The third-order valence-corrected chi connectivity index (χ3v) is 4.98. The Kier molecular flexibility index (Phi) is 20.1. The first-order valence-corrected chi connectivity index (χ1v) is 12.0. The fraction of sp³-hybridized carbons (Fsp3) is 0.385. The van der Waals surface area contributed by atoms with Gasteiger partial charge in [-0.1, -0.05) is 69.4 Å². The fourth-order valence-corrected chi connectivity index (χ4v) is 2.93. The Balaban J connectivity index is 4.23. The van der Waals surface area contributed by atoms with Gasteiger partial charge in [-0.25, -0.2) is 0 Å². The second kappa shape index (κ2) is 21.9. The van der Waals surface area contributed by atoms with Gasteiger partial charge in [-0.05, 0) is 37.5 Å². The van der Waals surface area contributed by atoms with Crippen LogP contribution in [0.4, 0.5) is 0 Å². The largest absolute Gasteiger partial charge is 0.382 e. The molecule has 1 atom stereocenters. The standard InChI is InChI=1S/C26H32BrClN4O2/c1-2-3-4-5-6-7-8-9-10-12-18-23(28)25(34)22(27)17-13-14-19-24(33)31-20-15-11-16-21-32-26(29)30/h1,7-8,13-14,17-18,25,34H,3-4,11-12,15-16,19-21H2,(H,31,33)(H4,29,30,32). The normalized spacial score (nSPS) is 12.3. The van der Waals surface area contributed by atoms with Crippen LogP contribution in [0.5, 0.6) is 0 Å². The molecule has 0 bridgehead atoms. The van der Waals surface area contributed by atoms with E-state index in [2.05, 4.69) is 55.8 Å². The zero-order valence-corrected chi connectivity index (χ0v) is 21.5. The number of nitrogens with zero attached hydrogens (tertiary/aromatic N) is 1. The predicted molar refractivity (Wildman–Crippen MR) is 146 cm³/mol. The van der Waals surface area contributed by atoms with Crippen LogP contribution in [-0.2, 0) is 4.79 Å². The number of allylic oxidation sites excluding steroid dienone is 5. The molecule has 0 radical (unpaired) electrons. The number of aliphatic hydroxyl groups excluding tert-OH is 1. The number of hydrogen-bond donors (Lipinski definition) is 4. The van der Waals surface area contributed by atoms with E-state index in [0.717, 1.165) is 19.3 Å². The maximum atomic E-state index is 11.8. The molecule has 0 aliphatic heterocycles. The lowest BCUT2D eigenvalue weighted by Crippen LogP contribution is -2.23. The molecule has 34 heavy (non-hydrogen) atoms. The number of nitrogens with one attached hydrogen (secondary N) is 1. The Hall–Kier alpha value is -2.89. The van der Waals surface area contributed by atoms with E-state index in [1.165, 1.54) is 0 Å². The highest BCUT2D eigenvalue weighted by Gasteiger charge is 2.10. The van der Waals surface area contributed by atoms with Crippen molar-refractivity contribution < 1.29 is 9.90 Å². The van der Waals surface area contributed by atoms with Gasteiger partial charge in [0, 0.05) is 48.3 Å². The van der Waals surface area contributed by atoms with Gasteiger partial charge in [-0.3, -0.25) is 9.79 Å². The van der Waals surface area contributed by atoms with Gasteiger partial charge in [0.25, 0.3) is 0 Å². The first kappa shape index (κ1) is 31.1. The lowest BCUT2D eigenvalue weighted by Gasteiger charge is -2.07. The minimum atomic E-state index is -1.00. The molecule has 0 aromatic rings. The van der Waals surface area contributed by atoms with Gasteiger partial charge in [0.05, 0.1) is 0 Å². The second-order valence-electron chi connectivity index (χ2n) is 6.78. The molecular weight excluding hydrogens is 516 g/mol. The number of hydrogen-bond acceptors (Lipinski definition) is 3. The summed E-state index contributed by atoms with van der Waals surface area (Å²) < 4.78 is 0.473. The van der Waals surface area contributed by atoms with Crippen molar-refractivity contribution >= 4 is 39.4 Å². The molecule has 0 saturated heterocycles. The average Bonchev–Trinajstić information content (AvgIpc) is 2.81. The van der Waals surface area contributed by atoms with Crippen molar-refractivity contribution in [2.45, 2.75) is 51.0 Å². The molecule has 0 aliphatic rings. The Morgan fingerprint density at radius 2 is 1.91 bits per heavy atom. The van der Waals surface area contributed by atoms with E-state index in [9.17, 15) is 9.90 Å². The van der Waals surface area contributed by atoms with Crippen molar-refractivity contribution in [3.63, 3.8) is 0 Å². The summed E-state index contributed by atoms with van der Waals surface area (Å²) in [4.78, 5) is 15.7. The summed E-state index contributed by atoms with van der Waals surface area (Å²) in [5.74, 6) is 14.0. The Labute approximate surface area is 216 Å². The quantitative estimate of drug-likeness (QED) is 0.0927. The molecule has 0 fully saturated rings. The lowest BCUT2D eigenvalue weighted by molar-refractivity contribution is -0.120. The predicted octanol–water partition coefficient (Wildman–Crippen LogP) is 3.62. The molecule has 6 N–H and O–H groups in total. The van der Waals surface area contributed by atoms with Crippen molar-refractivity contribution in [1.29, 1.82) is 0 Å². The van der Waals surface area contributed by atoms with Crippen LogP contribution in [0.25, 0.3) is 0 Å². The van der Waals surface area contributed by atoms with E-state index < -0.39 is 6.10 Å². The highest BCUT2D eigenvalue weighted by Crippen LogP contribution is 2.21. The number of guanidine groups is 1. The molecule has 0 spiro atoms. The molecule has 0 saturated carbocycles. The van der Waals surface area contributed by atoms with Crippen LogP contribution in [-0.4, -0.2) is 36.2 Å². The molecule has 6 nitrogen and oxygen atoms in total. The highest BCUT2D eigenvalue weighted by molar-refractivity contribution is 9.11. The van der Waals surface area contributed by atoms with Crippen LogP contribution in [0.15, 0.2) is 51.0 Å². The van der Waals surface area contributed by atoms with Crippen molar-refractivity contribution in [2.24, 2.45) is 16.5 Å². The number of aliphatic hydroxyl groups is 1. The maximum absolute atomic E-state index is 11.8. The number of carbonyl (C=O) groups excluding carboxylic acids is 1. The highest BCUT2D eigenvalue weighted by atomic mass is 79.9. The fourth-order valence-electron chi connectivity index (χ4n) is 2.21.